The lowest BCUT2D eigenvalue weighted by Crippen LogP contribution is -2.34. The molecule has 0 saturated heterocycles. The van der Waals surface area contributed by atoms with Crippen molar-refractivity contribution in [2.75, 3.05) is 10.6 Å². The van der Waals surface area contributed by atoms with Crippen LogP contribution in [0.2, 0.25) is 0 Å². The number of anilines is 2. The number of carbonyl (C=O) groups excluding carboxylic acids is 2. The first-order valence-corrected chi connectivity index (χ1v) is 10.7. The molecular weight excluding hydrogens is 400 g/mol. The fourth-order valence-corrected chi connectivity index (χ4v) is 4.16. The highest BCUT2D eigenvalue weighted by Crippen LogP contribution is 2.19. The summed E-state index contributed by atoms with van der Waals surface area (Å²) in [5, 5.41) is 3.63. The van der Waals surface area contributed by atoms with Crippen molar-refractivity contribution in [2.24, 2.45) is 0 Å². The van der Waals surface area contributed by atoms with E-state index in [1.807, 2.05) is 6.07 Å². The monoisotopic (exact) mass is 420 g/mol. The Morgan fingerprint density at radius 2 is 1.17 bits per heavy atom. The number of rotatable bonds is 7. The third-order valence-corrected chi connectivity index (χ3v) is 6.14. The summed E-state index contributed by atoms with van der Waals surface area (Å²) in [6.07, 6.45) is 2.15. The minimum Gasteiger partial charge on any atom is -0.325 e. The summed E-state index contributed by atoms with van der Waals surface area (Å²) in [5.41, 5.74) is 1.02. The summed E-state index contributed by atoms with van der Waals surface area (Å²) in [7, 11) is -4.07. The van der Waals surface area contributed by atoms with Gasteiger partial charge >= 0.3 is 0 Å². The minimum atomic E-state index is -4.07. The predicted octanol–water partition coefficient (Wildman–Crippen LogP) is 3.66. The molecule has 0 spiro atoms. The molecule has 2 N–H and O–H groups in total. The number of hydrogen-bond acceptors (Lipinski definition) is 4. The highest BCUT2D eigenvalue weighted by molar-refractivity contribution is 7.93. The molecule has 2 amide bonds. The Hall–Kier alpha value is -3.71. The normalized spacial score (nSPS) is 12.3. The predicted molar refractivity (Wildman–Crippen MR) is 117 cm³/mol. The van der Waals surface area contributed by atoms with E-state index >= 15 is 0 Å². The molecule has 3 aromatic rings. The number of nitrogens with one attached hydrogen (secondary N) is 2. The zero-order valence-electron chi connectivity index (χ0n) is 15.9. The van der Waals surface area contributed by atoms with E-state index < -0.39 is 26.9 Å². The average molecular weight is 420 g/mol. The standard InChI is InChI=1S/C23H20N2O4S/c26-22(24-18-10-4-1-5-11-18)17-16-21(23(27)25-19-12-6-2-7-13-19)30(28,29)20-14-8-3-9-15-20/h1-17,21H,(H,24,26)(H,25,27)/b17-16+. The smallest absolute Gasteiger partial charge is 0.248 e. The van der Waals surface area contributed by atoms with E-state index in [1.54, 1.807) is 72.8 Å². The van der Waals surface area contributed by atoms with Crippen LogP contribution in [0, 0.1) is 0 Å². The van der Waals surface area contributed by atoms with Crippen LogP contribution in [0.5, 0.6) is 0 Å². The van der Waals surface area contributed by atoms with Crippen molar-refractivity contribution in [1.29, 1.82) is 0 Å². The largest absolute Gasteiger partial charge is 0.325 e. The van der Waals surface area contributed by atoms with Gasteiger partial charge in [0, 0.05) is 17.5 Å². The molecule has 152 valence electrons. The fourth-order valence-electron chi connectivity index (χ4n) is 2.70. The molecule has 0 heterocycles. The molecule has 0 saturated carbocycles. The first-order chi connectivity index (χ1) is 14.5. The van der Waals surface area contributed by atoms with E-state index in [9.17, 15) is 18.0 Å². The maximum Gasteiger partial charge on any atom is 0.248 e. The second kappa shape index (κ2) is 9.67. The van der Waals surface area contributed by atoms with E-state index in [-0.39, 0.29) is 4.90 Å². The van der Waals surface area contributed by atoms with E-state index in [0.29, 0.717) is 11.4 Å². The van der Waals surface area contributed by atoms with Gasteiger partial charge in [0.15, 0.2) is 15.1 Å². The minimum absolute atomic E-state index is 0.00803. The summed E-state index contributed by atoms with van der Waals surface area (Å²) < 4.78 is 26.2. The van der Waals surface area contributed by atoms with Crippen molar-refractivity contribution in [3.8, 4) is 0 Å². The molecule has 0 aliphatic heterocycles. The molecule has 0 aliphatic rings. The SMILES string of the molecule is O=C(/C=C/C(C(=O)Nc1ccccc1)S(=O)(=O)c1ccccc1)Nc1ccccc1. The van der Waals surface area contributed by atoms with E-state index in [1.165, 1.54) is 12.1 Å². The molecule has 0 aromatic heterocycles. The van der Waals surface area contributed by atoms with Crippen LogP contribution in [0.3, 0.4) is 0 Å². The molecule has 7 heteroatoms. The van der Waals surface area contributed by atoms with Crippen LogP contribution in [0.15, 0.2) is 108 Å². The molecular formula is C23H20N2O4S. The number of sulfone groups is 1. The van der Waals surface area contributed by atoms with Gasteiger partial charge in [-0.1, -0.05) is 60.7 Å². The zero-order valence-corrected chi connectivity index (χ0v) is 16.8. The fraction of sp³-hybridized carbons (Fsp3) is 0.0435. The van der Waals surface area contributed by atoms with E-state index in [2.05, 4.69) is 10.6 Å². The van der Waals surface area contributed by atoms with Gasteiger partial charge in [0.25, 0.3) is 0 Å². The van der Waals surface area contributed by atoms with Gasteiger partial charge in [-0.25, -0.2) is 8.42 Å². The first-order valence-electron chi connectivity index (χ1n) is 9.16. The summed E-state index contributed by atoms with van der Waals surface area (Å²) in [5.74, 6) is -1.30. The highest BCUT2D eigenvalue weighted by atomic mass is 32.2. The first kappa shape index (κ1) is 21.0. The number of para-hydroxylation sites is 2. The molecule has 6 nitrogen and oxygen atoms in total. The van der Waals surface area contributed by atoms with Crippen LogP contribution in [0.1, 0.15) is 0 Å². The lowest BCUT2D eigenvalue weighted by molar-refractivity contribution is -0.115. The van der Waals surface area contributed by atoms with Crippen molar-refractivity contribution in [3.05, 3.63) is 103 Å². The van der Waals surface area contributed by atoms with Gasteiger partial charge in [-0.05, 0) is 36.4 Å². The lowest BCUT2D eigenvalue weighted by Gasteiger charge is -2.14. The number of benzene rings is 3. The van der Waals surface area contributed by atoms with Gasteiger partial charge in [-0.2, -0.15) is 0 Å². The molecule has 0 radical (unpaired) electrons. The van der Waals surface area contributed by atoms with Crippen molar-refractivity contribution >= 4 is 33.0 Å². The quantitative estimate of drug-likeness (QED) is 0.571. The topological polar surface area (TPSA) is 92.3 Å². The molecule has 0 bridgehead atoms. The second-order valence-corrected chi connectivity index (χ2v) is 8.42. The Bertz CT molecular complexity index is 1130. The summed E-state index contributed by atoms with van der Waals surface area (Å²) in [6, 6.07) is 24.9. The summed E-state index contributed by atoms with van der Waals surface area (Å²) >= 11 is 0. The second-order valence-electron chi connectivity index (χ2n) is 6.35. The van der Waals surface area contributed by atoms with E-state index in [0.717, 1.165) is 12.2 Å². The Labute approximate surface area is 175 Å². The average Bonchev–Trinajstić information content (AvgIpc) is 2.76. The van der Waals surface area contributed by atoms with Crippen molar-refractivity contribution in [1.82, 2.24) is 0 Å². The number of amides is 2. The molecule has 3 rings (SSSR count). The Balaban J connectivity index is 1.87. The Morgan fingerprint density at radius 3 is 1.70 bits per heavy atom. The van der Waals surface area contributed by atoms with Crippen molar-refractivity contribution < 1.29 is 18.0 Å². The molecule has 30 heavy (non-hydrogen) atoms. The Morgan fingerprint density at radius 1 is 0.700 bits per heavy atom. The summed E-state index contributed by atoms with van der Waals surface area (Å²) in [6.45, 7) is 0. The Kier molecular flexibility index (Phi) is 6.77. The van der Waals surface area contributed by atoms with Gasteiger partial charge in [-0.15, -0.1) is 0 Å². The van der Waals surface area contributed by atoms with Gasteiger partial charge in [0.1, 0.15) is 0 Å². The van der Waals surface area contributed by atoms with Crippen LogP contribution in [-0.2, 0) is 19.4 Å². The van der Waals surface area contributed by atoms with Gasteiger partial charge in [-0.3, -0.25) is 9.59 Å². The number of carbonyl (C=O) groups is 2. The van der Waals surface area contributed by atoms with Crippen LogP contribution >= 0.6 is 0 Å². The van der Waals surface area contributed by atoms with E-state index in [4.69, 9.17) is 0 Å². The highest BCUT2D eigenvalue weighted by Gasteiger charge is 2.32. The number of hydrogen-bond donors (Lipinski definition) is 2. The molecule has 1 unspecified atom stereocenters. The van der Waals surface area contributed by atoms with Crippen LogP contribution in [-0.4, -0.2) is 25.5 Å². The molecule has 0 fully saturated rings. The van der Waals surface area contributed by atoms with Gasteiger partial charge in [0.05, 0.1) is 4.90 Å². The maximum absolute atomic E-state index is 13.1. The third kappa shape index (κ3) is 5.42. The van der Waals surface area contributed by atoms with Crippen molar-refractivity contribution in [3.63, 3.8) is 0 Å². The lowest BCUT2D eigenvalue weighted by atomic mass is 10.3. The third-order valence-electron chi connectivity index (χ3n) is 4.17. The molecule has 1 atom stereocenters. The van der Waals surface area contributed by atoms with Crippen LogP contribution in [0.25, 0.3) is 0 Å². The molecule has 3 aromatic carbocycles. The van der Waals surface area contributed by atoms with Crippen LogP contribution in [0.4, 0.5) is 11.4 Å². The maximum atomic E-state index is 13.1. The molecule has 0 aliphatic carbocycles. The van der Waals surface area contributed by atoms with Crippen LogP contribution < -0.4 is 10.6 Å². The summed E-state index contributed by atoms with van der Waals surface area (Å²) in [4.78, 5) is 25.1. The van der Waals surface area contributed by atoms with Gasteiger partial charge in [0.2, 0.25) is 11.8 Å². The zero-order chi connectivity index (χ0) is 21.4. The van der Waals surface area contributed by atoms with Gasteiger partial charge < -0.3 is 10.6 Å². The van der Waals surface area contributed by atoms with Crippen molar-refractivity contribution in [2.45, 2.75) is 10.1 Å².